The molecular weight excluding hydrogens is 278 g/mol. The van der Waals surface area contributed by atoms with Gasteiger partial charge in [0.25, 0.3) is 0 Å². The molecule has 0 aliphatic carbocycles. The molecule has 0 radical (unpaired) electrons. The minimum atomic E-state index is -0.352. The van der Waals surface area contributed by atoms with E-state index in [2.05, 4.69) is 27.8 Å². The molecule has 0 aromatic heterocycles. The van der Waals surface area contributed by atoms with Crippen LogP contribution in [0.4, 0.5) is 27.5 Å². The molecule has 3 rings (SSSR count). The maximum Gasteiger partial charge on any atom is 0.323 e. The van der Waals surface area contributed by atoms with Crippen LogP contribution in [-0.2, 0) is 0 Å². The molecule has 0 atom stereocenters. The molecule has 0 fully saturated rings. The highest BCUT2D eigenvalue weighted by Crippen LogP contribution is 2.32. The van der Waals surface area contributed by atoms with E-state index < -0.39 is 0 Å². The van der Waals surface area contributed by atoms with Crippen LogP contribution in [0.1, 0.15) is 5.56 Å². The molecule has 0 saturated heterocycles. The standard InChI is InChI=1S/C16H13N5O/c1-10-18-14-7-6-13(8-15(14)19-10)21-16(22)20-12-4-2-11(9-17)3-5-12/h2-8,18-19H,1H2,(H2,20,21,22). The molecule has 4 N–H and O–H groups in total. The van der Waals surface area contributed by atoms with Gasteiger partial charge in [-0.05, 0) is 42.5 Å². The Balaban J connectivity index is 1.66. The first-order valence-electron chi connectivity index (χ1n) is 6.59. The molecule has 6 nitrogen and oxygen atoms in total. The number of carbonyl (C=O) groups is 1. The van der Waals surface area contributed by atoms with Crippen molar-refractivity contribution < 1.29 is 4.79 Å². The van der Waals surface area contributed by atoms with Crippen LogP contribution in [-0.4, -0.2) is 6.03 Å². The van der Waals surface area contributed by atoms with Crippen molar-refractivity contribution in [2.45, 2.75) is 0 Å². The van der Waals surface area contributed by atoms with Crippen molar-refractivity contribution >= 4 is 28.8 Å². The first-order valence-corrected chi connectivity index (χ1v) is 6.59. The second kappa shape index (κ2) is 5.50. The number of hydrogen-bond donors (Lipinski definition) is 4. The Labute approximate surface area is 127 Å². The Bertz CT molecular complexity index is 789. The lowest BCUT2D eigenvalue weighted by Crippen LogP contribution is -2.19. The minimum Gasteiger partial charge on any atom is -0.341 e. The van der Waals surface area contributed by atoms with Crippen molar-refractivity contribution in [2.75, 3.05) is 21.3 Å². The van der Waals surface area contributed by atoms with E-state index in [9.17, 15) is 4.79 Å². The van der Waals surface area contributed by atoms with E-state index in [1.165, 1.54) is 0 Å². The number of rotatable bonds is 2. The summed E-state index contributed by atoms with van der Waals surface area (Å²) < 4.78 is 0. The maximum atomic E-state index is 12.0. The van der Waals surface area contributed by atoms with E-state index in [0.717, 1.165) is 11.4 Å². The SMILES string of the molecule is C=C1Nc2ccc(NC(=O)Nc3ccc(C#N)cc3)cc2N1. The van der Waals surface area contributed by atoms with Crippen LogP contribution < -0.4 is 21.3 Å². The van der Waals surface area contributed by atoms with Crippen molar-refractivity contribution in [3.8, 4) is 6.07 Å². The highest BCUT2D eigenvalue weighted by atomic mass is 16.2. The summed E-state index contributed by atoms with van der Waals surface area (Å²) in [6, 6.07) is 13.8. The average Bonchev–Trinajstić information content (AvgIpc) is 2.87. The van der Waals surface area contributed by atoms with Gasteiger partial charge in [-0.1, -0.05) is 6.58 Å². The number of urea groups is 1. The van der Waals surface area contributed by atoms with Gasteiger partial charge >= 0.3 is 6.03 Å². The van der Waals surface area contributed by atoms with E-state index in [1.54, 1.807) is 30.3 Å². The van der Waals surface area contributed by atoms with Crippen LogP contribution in [0, 0.1) is 11.3 Å². The van der Waals surface area contributed by atoms with E-state index in [-0.39, 0.29) is 6.03 Å². The smallest absolute Gasteiger partial charge is 0.323 e. The molecule has 108 valence electrons. The van der Waals surface area contributed by atoms with Gasteiger partial charge in [-0.15, -0.1) is 0 Å². The molecule has 1 aliphatic heterocycles. The molecule has 2 aromatic rings. The zero-order valence-corrected chi connectivity index (χ0v) is 11.6. The first-order chi connectivity index (χ1) is 10.6. The van der Waals surface area contributed by atoms with Crippen LogP contribution in [0.3, 0.4) is 0 Å². The molecule has 1 aliphatic rings. The van der Waals surface area contributed by atoms with Crippen LogP contribution in [0.5, 0.6) is 0 Å². The van der Waals surface area contributed by atoms with Crippen molar-refractivity contribution in [1.29, 1.82) is 5.26 Å². The number of nitrogens with one attached hydrogen (secondary N) is 4. The van der Waals surface area contributed by atoms with Gasteiger partial charge in [0.2, 0.25) is 0 Å². The first kappa shape index (κ1) is 13.5. The van der Waals surface area contributed by atoms with E-state index in [0.29, 0.717) is 22.8 Å². The molecule has 0 spiro atoms. The predicted octanol–water partition coefficient (Wildman–Crippen LogP) is 3.51. The second-order valence-electron chi connectivity index (χ2n) is 4.76. The van der Waals surface area contributed by atoms with E-state index in [1.807, 2.05) is 18.2 Å². The van der Waals surface area contributed by atoms with Crippen LogP contribution in [0.15, 0.2) is 54.9 Å². The molecule has 1 heterocycles. The van der Waals surface area contributed by atoms with Crippen molar-refractivity contribution in [1.82, 2.24) is 0 Å². The highest BCUT2D eigenvalue weighted by Gasteiger charge is 2.13. The Hall–Kier alpha value is -3.46. The summed E-state index contributed by atoms with van der Waals surface area (Å²) in [5.41, 5.74) is 3.60. The molecule has 6 heteroatoms. The Morgan fingerprint density at radius 1 is 1.00 bits per heavy atom. The third-order valence-corrected chi connectivity index (χ3v) is 3.12. The van der Waals surface area contributed by atoms with Gasteiger partial charge in [-0.3, -0.25) is 0 Å². The molecule has 0 bridgehead atoms. The third kappa shape index (κ3) is 2.83. The molecule has 0 saturated carbocycles. The number of carbonyl (C=O) groups excluding carboxylic acids is 1. The zero-order valence-electron chi connectivity index (χ0n) is 11.6. The van der Waals surface area contributed by atoms with Gasteiger partial charge in [0.15, 0.2) is 0 Å². The predicted molar refractivity (Wildman–Crippen MR) is 86.6 cm³/mol. The molecule has 22 heavy (non-hydrogen) atoms. The van der Waals surface area contributed by atoms with Crippen LogP contribution in [0.25, 0.3) is 0 Å². The Morgan fingerprint density at radius 3 is 2.36 bits per heavy atom. The van der Waals surface area contributed by atoms with Crippen molar-refractivity contribution in [3.63, 3.8) is 0 Å². The van der Waals surface area contributed by atoms with Gasteiger partial charge in [0.1, 0.15) is 5.82 Å². The number of nitrogens with zero attached hydrogens (tertiary/aromatic N) is 1. The number of hydrogen-bond acceptors (Lipinski definition) is 4. The average molecular weight is 291 g/mol. The highest BCUT2D eigenvalue weighted by molar-refractivity contribution is 6.00. The van der Waals surface area contributed by atoms with Crippen molar-refractivity contribution in [2.24, 2.45) is 0 Å². The zero-order chi connectivity index (χ0) is 15.5. The van der Waals surface area contributed by atoms with Gasteiger partial charge in [-0.25, -0.2) is 4.79 Å². The summed E-state index contributed by atoms with van der Waals surface area (Å²) in [6.07, 6.45) is 0. The summed E-state index contributed by atoms with van der Waals surface area (Å²) in [4.78, 5) is 12.0. The van der Waals surface area contributed by atoms with Crippen LogP contribution in [0.2, 0.25) is 0 Å². The molecule has 2 amide bonds. The third-order valence-electron chi connectivity index (χ3n) is 3.12. The quantitative estimate of drug-likeness (QED) is 0.681. The number of anilines is 4. The minimum absolute atomic E-state index is 0.352. The van der Waals surface area contributed by atoms with Crippen LogP contribution >= 0.6 is 0 Å². The molecular formula is C16H13N5O. The fourth-order valence-corrected chi connectivity index (χ4v) is 2.11. The monoisotopic (exact) mass is 291 g/mol. The largest absolute Gasteiger partial charge is 0.341 e. The van der Waals surface area contributed by atoms with Gasteiger partial charge < -0.3 is 21.3 Å². The summed E-state index contributed by atoms with van der Waals surface area (Å²) >= 11 is 0. The summed E-state index contributed by atoms with van der Waals surface area (Å²) in [5.74, 6) is 0.703. The van der Waals surface area contributed by atoms with Crippen molar-refractivity contribution in [3.05, 3.63) is 60.4 Å². The van der Waals surface area contributed by atoms with E-state index >= 15 is 0 Å². The maximum absolute atomic E-state index is 12.0. The summed E-state index contributed by atoms with van der Waals surface area (Å²) in [7, 11) is 0. The lowest BCUT2D eigenvalue weighted by atomic mass is 10.2. The Morgan fingerprint density at radius 2 is 1.64 bits per heavy atom. The van der Waals surface area contributed by atoms with E-state index in [4.69, 9.17) is 5.26 Å². The number of amides is 2. The number of nitriles is 1. The topological polar surface area (TPSA) is 89.0 Å². The Kier molecular flexibility index (Phi) is 3.38. The lowest BCUT2D eigenvalue weighted by molar-refractivity contribution is 0.262. The summed E-state index contributed by atoms with van der Waals surface area (Å²) in [6.45, 7) is 3.78. The normalized spacial score (nSPS) is 11.7. The second-order valence-corrected chi connectivity index (χ2v) is 4.76. The fourth-order valence-electron chi connectivity index (χ4n) is 2.11. The molecule has 0 unspecified atom stereocenters. The molecule has 2 aromatic carbocycles. The van der Waals surface area contributed by atoms with Gasteiger partial charge in [0.05, 0.1) is 23.0 Å². The number of fused-ring (bicyclic) bond motifs is 1. The van der Waals surface area contributed by atoms with Gasteiger partial charge in [0, 0.05) is 11.4 Å². The fraction of sp³-hybridized carbons (Fsp3) is 0. The van der Waals surface area contributed by atoms with Gasteiger partial charge in [-0.2, -0.15) is 5.26 Å². The summed E-state index contributed by atoms with van der Waals surface area (Å²) in [5, 5.41) is 20.3. The lowest BCUT2D eigenvalue weighted by Gasteiger charge is -2.08. The number of benzene rings is 2.